The monoisotopic (exact) mass is 409 g/mol. The zero-order chi connectivity index (χ0) is 20.2. The van der Waals surface area contributed by atoms with Gasteiger partial charge in [-0.05, 0) is 24.3 Å². The predicted molar refractivity (Wildman–Crippen MR) is 109 cm³/mol. The molecule has 2 aromatic heterocycles. The van der Waals surface area contributed by atoms with Gasteiger partial charge in [-0.3, -0.25) is 10.1 Å². The average Bonchev–Trinajstić information content (AvgIpc) is 3.14. The van der Waals surface area contributed by atoms with Crippen molar-refractivity contribution >= 4 is 29.4 Å². The van der Waals surface area contributed by atoms with Gasteiger partial charge in [0.05, 0.1) is 6.07 Å². The van der Waals surface area contributed by atoms with E-state index in [1.165, 1.54) is 23.9 Å². The maximum atomic E-state index is 10.8. The molecule has 146 valence electrons. The van der Waals surface area contributed by atoms with E-state index in [4.69, 9.17) is 9.15 Å². The number of para-hydroxylation sites is 1. The van der Waals surface area contributed by atoms with Crippen molar-refractivity contribution in [3.8, 4) is 17.1 Å². The lowest BCUT2D eigenvalue weighted by Gasteiger charge is -2.15. The molecule has 1 aliphatic rings. The Bertz CT molecular complexity index is 1100. The first-order valence-corrected chi connectivity index (χ1v) is 9.56. The molecule has 0 aliphatic carbocycles. The van der Waals surface area contributed by atoms with E-state index in [2.05, 4.69) is 27.1 Å². The van der Waals surface area contributed by atoms with E-state index in [-0.39, 0.29) is 5.88 Å². The molecule has 9 nitrogen and oxygen atoms in total. The van der Waals surface area contributed by atoms with Crippen molar-refractivity contribution in [1.82, 2.24) is 15.2 Å². The van der Waals surface area contributed by atoms with Crippen molar-refractivity contribution in [1.29, 1.82) is 0 Å². The number of benzene rings is 1. The van der Waals surface area contributed by atoms with Gasteiger partial charge >= 0.3 is 5.88 Å². The first-order valence-electron chi connectivity index (χ1n) is 8.57. The highest BCUT2D eigenvalue weighted by atomic mass is 32.2. The molecule has 10 heteroatoms. The maximum Gasteiger partial charge on any atom is 0.433 e. The van der Waals surface area contributed by atoms with Crippen LogP contribution < -0.4 is 10.1 Å². The van der Waals surface area contributed by atoms with Crippen LogP contribution in [0.15, 0.2) is 64.7 Å². The summed E-state index contributed by atoms with van der Waals surface area (Å²) in [7, 11) is 0. The van der Waals surface area contributed by atoms with Gasteiger partial charge in [0.1, 0.15) is 10.7 Å². The normalized spacial score (nSPS) is 15.0. The molecule has 1 unspecified atom stereocenters. The van der Waals surface area contributed by atoms with Gasteiger partial charge in [-0.25, -0.2) is 0 Å². The molecule has 4 rings (SSSR count). The summed E-state index contributed by atoms with van der Waals surface area (Å²) in [5.74, 6) is 0.999. The number of hydrogen-bond acceptors (Lipinski definition) is 9. The Hall–Kier alpha value is -3.66. The average molecular weight is 409 g/mol. The lowest BCUT2D eigenvalue weighted by molar-refractivity contribution is -0.402. The third-order valence-electron chi connectivity index (χ3n) is 3.91. The molecule has 1 N–H and O–H groups in total. The molecule has 0 bridgehead atoms. The Morgan fingerprint density at radius 1 is 1.28 bits per heavy atom. The molecule has 3 aromatic rings. The van der Waals surface area contributed by atoms with Crippen LogP contribution in [0.25, 0.3) is 17.3 Å². The zero-order valence-electron chi connectivity index (χ0n) is 15.0. The minimum absolute atomic E-state index is 0.323. The number of aromatic nitrogens is 3. The van der Waals surface area contributed by atoms with E-state index in [0.29, 0.717) is 28.2 Å². The van der Waals surface area contributed by atoms with E-state index in [1.54, 1.807) is 18.2 Å². The molecule has 0 amide bonds. The molecule has 1 aromatic carbocycles. The molecular weight excluding hydrogens is 394 g/mol. The second-order valence-electron chi connectivity index (χ2n) is 5.87. The van der Waals surface area contributed by atoms with Gasteiger partial charge in [-0.1, -0.05) is 36.0 Å². The number of ether oxygens (including phenoxy) is 1. The lowest BCUT2D eigenvalue weighted by atomic mass is 10.1. The molecule has 0 radical (unpaired) electrons. The van der Waals surface area contributed by atoms with Gasteiger partial charge in [-0.2, -0.15) is 4.98 Å². The van der Waals surface area contributed by atoms with E-state index >= 15 is 0 Å². The SMILES string of the molecule is C=CCSc1nnc2c(n1)OC(/C=C/c1ccc([N+](=O)[O-])o1)Nc1ccccc1-2. The third-order valence-corrected chi connectivity index (χ3v) is 4.75. The lowest BCUT2D eigenvalue weighted by Crippen LogP contribution is -2.23. The molecule has 3 heterocycles. The van der Waals surface area contributed by atoms with Crippen LogP contribution in [0.3, 0.4) is 0 Å². The Balaban J connectivity index is 1.66. The topological polar surface area (TPSA) is 116 Å². The summed E-state index contributed by atoms with van der Waals surface area (Å²) in [6.45, 7) is 3.69. The molecule has 0 fully saturated rings. The molecule has 0 saturated carbocycles. The fraction of sp³-hybridized carbons (Fsp3) is 0.105. The Kier molecular flexibility index (Phi) is 5.25. The number of furan rings is 1. The zero-order valence-corrected chi connectivity index (χ0v) is 15.8. The Morgan fingerprint density at radius 3 is 2.93 bits per heavy atom. The van der Waals surface area contributed by atoms with Gasteiger partial charge in [0.2, 0.25) is 11.0 Å². The van der Waals surface area contributed by atoms with Crippen LogP contribution in [0.2, 0.25) is 0 Å². The van der Waals surface area contributed by atoms with Gasteiger partial charge < -0.3 is 14.5 Å². The highest BCUT2D eigenvalue weighted by Gasteiger charge is 2.23. The van der Waals surface area contributed by atoms with Gasteiger partial charge in [0, 0.05) is 17.0 Å². The summed E-state index contributed by atoms with van der Waals surface area (Å²) in [6.07, 6.45) is 4.44. The number of thioether (sulfide) groups is 1. The van der Waals surface area contributed by atoms with Crippen molar-refractivity contribution in [3.63, 3.8) is 0 Å². The number of anilines is 1. The molecule has 1 atom stereocenters. The van der Waals surface area contributed by atoms with Gasteiger partial charge in [0.15, 0.2) is 11.9 Å². The van der Waals surface area contributed by atoms with Crippen LogP contribution in [0.5, 0.6) is 5.88 Å². The van der Waals surface area contributed by atoms with Crippen LogP contribution >= 0.6 is 11.8 Å². The van der Waals surface area contributed by atoms with Crippen molar-refractivity contribution in [2.24, 2.45) is 0 Å². The summed E-state index contributed by atoms with van der Waals surface area (Å²) in [6, 6.07) is 10.4. The second kappa shape index (κ2) is 8.15. The van der Waals surface area contributed by atoms with Gasteiger partial charge in [0.25, 0.3) is 0 Å². The van der Waals surface area contributed by atoms with Gasteiger partial charge in [-0.15, -0.1) is 16.8 Å². The van der Waals surface area contributed by atoms with E-state index in [9.17, 15) is 10.1 Å². The molecular formula is C19H15N5O4S. The summed E-state index contributed by atoms with van der Waals surface area (Å²) < 4.78 is 11.2. The first-order chi connectivity index (χ1) is 14.1. The molecule has 0 saturated heterocycles. The minimum atomic E-state index is -0.601. The maximum absolute atomic E-state index is 10.8. The number of nitrogens with one attached hydrogen (secondary N) is 1. The van der Waals surface area contributed by atoms with E-state index in [0.717, 1.165) is 11.3 Å². The highest BCUT2D eigenvalue weighted by Crippen LogP contribution is 2.36. The Labute approximate surface area is 169 Å². The van der Waals surface area contributed by atoms with Crippen molar-refractivity contribution in [2.75, 3.05) is 11.1 Å². The van der Waals surface area contributed by atoms with Crippen molar-refractivity contribution < 1.29 is 14.1 Å². The van der Waals surface area contributed by atoms with Crippen LogP contribution in [0.1, 0.15) is 5.76 Å². The molecule has 1 aliphatic heterocycles. The number of fused-ring (bicyclic) bond motifs is 3. The largest absolute Gasteiger partial charge is 0.448 e. The fourth-order valence-corrected chi connectivity index (χ4v) is 3.17. The van der Waals surface area contributed by atoms with E-state index in [1.807, 2.05) is 24.3 Å². The number of nitrogens with zero attached hydrogens (tertiary/aromatic N) is 4. The quantitative estimate of drug-likeness (QED) is 0.277. The number of rotatable bonds is 6. The summed E-state index contributed by atoms with van der Waals surface area (Å²) in [4.78, 5) is 14.7. The number of hydrogen-bond donors (Lipinski definition) is 1. The molecule has 0 spiro atoms. The van der Waals surface area contributed by atoms with Crippen molar-refractivity contribution in [2.45, 2.75) is 11.4 Å². The minimum Gasteiger partial charge on any atom is -0.448 e. The summed E-state index contributed by atoms with van der Waals surface area (Å²) in [5.41, 5.74) is 2.14. The standard InChI is InChI=1S/C19H15N5O4S/c1-2-11-29-19-21-18-17(22-23-19)13-5-3-4-6-14(13)20-15(28-18)9-7-12-8-10-16(27-12)24(25)26/h2-10,15,20H,1,11H2/b9-7+. The van der Waals surface area contributed by atoms with E-state index < -0.39 is 11.2 Å². The van der Waals surface area contributed by atoms with Crippen LogP contribution in [-0.4, -0.2) is 32.1 Å². The Morgan fingerprint density at radius 2 is 2.14 bits per heavy atom. The summed E-state index contributed by atoms with van der Waals surface area (Å²) in [5, 5.41) is 23.0. The van der Waals surface area contributed by atoms with Crippen LogP contribution in [0, 0.1) is 10.1 Å². The summed E-state index contributed by atoms with van der Waals surface area (Å²) >= 11 is 1.40. The van der Waals surface area contributed by atoms with Crippen molar-refractivity contribution in [3.05, 3.63) is 71.0 Å². The predicted octanol–water partition coefficient (Wildman–Crippen LogP) is 4.16. The molecule has 29 heavy (non-hydrogen) atoms. The van der Waals surface area contributed by atoms with Crippen LogP contribution in [-0.2, 0) is 0 Å². The highest BCUT2D eigenvalue weighted by molar-refractivity contribution is 7.99. The second-order valence-corrected chi connectivity index (χ2v) is 6.86. The smallest absolute Gasteiger partial charge is 0.433 e. The number of nitro groups is 1. The first kappa shape index (κ1) is 18.7. The fourth-order valence-electron chi connectivity index (χ4n) is 2.66. The third kappa shape index (κ3) is 4.11. The van der Waals surface area contributed by atoms with Crippen LogP contribution in [0.4, 0.5) is 11.6 Å².